The lowest BCUT2D eigenvalue weighted by atomic mass is 9.92. The van der Waals surface area contributed by atoms with E-state index in [1.54, 1.807) is 47.4 Å². The number of hydrogen-bond donors (Lipinski definition) is 1. The van der Waals surface area contributed by atoms with E-state index in [2.05, 4.69) is 20.4 Å². The first-order chi connectivity index (χ1) is 16.8. The van der Waals surface area contributed by atoms with Crippen molar-refractivity contribution in [3.63, 3.8) is 0 Å². The molecule has 10 heteroatoms. The maximum atomic E-state index is 13.5. The maximum absolute atomic E-state index is 13.5. The lowest BCUT2D eigenvalue weighted by Gasteiger charge is -2.31. The van der Waals surface area contributed by atoms with Gasteiger partial charge in [-0.1, -0.05) is 12.1 Å². The number of cyclic esters (lactones) is 1. The van der Waals surface area contributed by atoms with Crippen molar-refractivity contribution >= 4 is 17.9 Å². The number of carbonyl (C=O) groups excluding carboxylic acids is 1. The molecule has 1 saturated heterocycles. The van der Waals surface area contributed by atoms with E-state index in [0.29, 0.717) is 11.8 Å². The van der Waals surface area contributed by atoms with Crippen molar-refractivity contribution in [3.05, 3.63) is 95.9 Å². The first-order valence-corrected chi connectivity index (χ1v) is 11.0. The van der Waals surface area contributed by atoms with E-state index >= 15 is 0 Å². The fourth-order valence-electron chi connectivity index (χ4n) is 4.02. The molecule has 1 amide bonds. The van der Waals surface area contributed by atoms with Gasteiger partial charge in [0.2, 0.25) is 5.95 Å². The zero-order valence-electron chi connectivity index (χ0n) is 19.0. The van der Waals surface area contributed by atoms with Gasteiger partial charge in [-0.25, -0.2) is 28.1 Å². The number of benzene rings is 2. The van der Waals surface area contributed by atoms with E-state index in [9.17, 15) is 13.6 Å². The molecule has 3 heterocycles. The number of amides is 1. The van der Waals surface area contributed by atoms with Crippen LogP contribution in [0.1, 0.15) is 31.0 Å². The number of ether oxygens (including phenoxy) is 1. The molecular weight excluding hydrogens is 454 g/mol. The molecule has 1 N–H and O–H groups in total. The summed E-state index contributed by atoms with van der Waals surface area (Å²) >= 11 is 0. The minimum absolute atomic E-state index is 0.100. The molecular formula is C25H22F2N6O2. The predicted octanol–water partition coefficient (Wildman–Crippen LogP) is 4.99. The highest BCUT2D eigenvalue weighted by molar-refractivity contribution is 5.90. The third-order valence-corrected chi connectivity index (χ3v) is 6.03. The van der Waals surface area contributed by atoms with E-state index < -0.39 is 11.6 Å². The minimum atomic E-state index is -0.863. The van der Waals surface area contributed by atoms with Crippen molar-refractivity contribution < 1.29 is 18.3 Å². The second-order valence-corrected chi connectivity index (χ2v) is 8.47. The number of rotatable bonds is 6. The van der Waals surface area contributed by atoms with Crippen LogP contribution in [0.15, 0.2) is 73.2 Å². The van der Waals surface area contributed by atoms with Gasteiger partial charge in [0.25, 0.3) is 0 Å². The van der Waals surface area contributed by atoms with Gasteiger partial charge < -0.3 is 10.1 Å². The first-order valence-electron chi connectivity index (χ1n) is 11.0. The van der Waals surface area contributed by atoms with E-state index in [0.717, 1.165) is 16.8 Å². The highest BCUT2D eigenvalue weighted by atomic mass is 19.1. The number of hydrogen-bond acceptors (Lipinski definition) is 6. The summed E-state index contributed by atoms with van der Waals surface area (Å²) in [5.74, 6) is -0.0123. The van der Waals surface area contributed by atoms with Gasteiger partial charge in [-0.3, -0.25) is 0 Å². The van der Waals surface area contributed by atoms with Crippen LogP contribution in [0.3, 0.4) is 0 Å². The SMILES string of the molecule is CC(Nc1nccc(N2C(=O)OC[C@@]2(C)c2ccc(F)cc2)n1)c1cnn(-c2ccc(F)cc2)c1. The monoisotopic (exact) mass is 476 g/mol. The summed E-state index contributed by atoms with van der Waals surface area (Å²) in [7, 11) is 0. The topological polar surface area (TPSA) is 85.2 Å². The second kappa shape index (κ2) is 8.79. The Labute approximate surface area is 200 Å². The number of halogens is 2. The van der Waals surface area contributed by atoms with Gasteiger partial charge >= 0.3 is 6.09 Å². The van der Waals surface area contributed by atoms with Crippen molar-refractivity contribution in [1.82, 2.24) is 19.7 Å². The summed E-state index contributed by atoms with van der Waals surface area (Å²) in [6.45, 7) is 3.87. The molecule has 2 aromatic carbocycles. The van der Waals surface area contributed by atoms with Crippen molar-refractivity contribution in [3.8, 4) is 5.69 Å². The summed E-state index contributed by atoms with van der Waals surface area (Å²) in [4.78, 5) is 22.9. The molecule has 0 aliphatic carbocycles. The van der Waals surface area contributed by atoms with Crippen molar-refractivity contribution in [2.24, 2.45) is 0 Å². The van der Waals surface area contributed by atoms with Gasteiger partial charge in [-0.15, -0.1) is 0 Å². The zero-order chi connectivity index (χ0) is 24.6. The van der Waals surface area contributed by atoms with Crippen LogP contribution in [0.5, 0.6) is 0 Å². The smallest absolute Gasteiger partial charge is 0.416 e. The van der Waals surface area contributed by atoms with Crippen LogP contribution < -0.4 is 10.2 Å². The summed E-state index contributed by atoms with van der Waals surface area (Å²) in [6, 6.07) is 13.4. The van der Waals surface area contributed by atoms with Crippen LogP contribution in [0.25, 0.3) is 5.69 Å². The number of aromatic nitrogens is 4. The van der Waals surface area contributed by atoms with Gasteiger partial charge in [-0.05, 0) is 61.9 Å². The van der Waals surface area contributed by atoms with Gasteiger partial charge in [-0.2, -0.15) is 10.1 Å². The number of nitrogens with zero attached hydrogens (tertiary/aromatic N) is 5. The van der Waals surface area contributed by atoms with E-state index in [4.69, 9.17) is 4.74 Å². The average Bonchev–Trinajstić information content (AvgIpc) is 3.46. The fourth-order valence-corrected chi connectivity index (χ4v) is 4.02. The molecule has 0 radical (unpaired) electrons. The Morgan fingerprint density at radius 2 is 1.74 bits per heavy atom. The number of carbonyl (C=O) groups is 1. The van der Waals surface area contributed by atoms with Gasteiger partial charge in [0, 0.05) is 18.0 Å². The molecule has 1 aliphatic rings. The summed E-state index contributed by atoms with van der Waals surface area (Å²) in [5, 5.41) is 7.57. The standard InChI is InChI=1S/C25H22F2N6O2/c1-16(17-13-29-32(14-17)21-9-7-20(27)8-10-21)30-23-28-12-11-22(31-23)33-24(34)35-15-25(33,2)18-3-5-19(26)6-4-18/h3-14,16H,15H2,1-2H3,(H,28,30,31)/t16?,25-/m0/s1. The second-order valence-electron chi connectivity index (χ2n) is 8.47. The lowest BCUT2D eigenvalue weighted by molar-refractivity contribution is 0.174. The largest absolute Gasteiger partial charge is 0.446 e. The molecule has 5 rings (SSSR count). The van der Waals surface area contributed by atoms with Crippen LogP contribution in [0.4, 0.5) is 25.3 Å². The van der Waals surface area contributed by atoms with Crippen molar-refractivity contribution in [2.75, 3.05) is 16.8 Å². The van der Waals surface area contributed by atoms with E-state index in [1.165, 1.54) is 29.2 Å². The quantitative estimate of drug-likeness (QED) is 0.422. The zero-order valence-corrected chi connectivity index (χ0v) is 19.0. The Bertz CT molecular complexity index is 1360. The number of anilines is 2. The molecule has 1 unspecified atom stereocenters. The molecule has 0 saturated carbocycles. The van der Waals surface area contributed by atoms with Gasteiger partial charge in [0.1, 0.15) is 29.6 Å². The highest BCUT2D eigenvalue weighted by Gasteiger charge is 2.47. The normalized spacial score (nSPS) is 18.4. The predicted molar refractivity (Wildman–Crippen MR) is 125 cm³/mol. The fraction of sp³-hybridized carbons (Fsp3) is 0.200. The average molecular weight is 476 g/mol. The van der Waals surface area contributed by atoms with Gasteiger partial charge in [0.15, 0.2) is 0 Å². The summed E-state index contributed by atoms with van der Waals surface area (Å²) < 4.78 is 33.7. The molecule has 35 heavy (non-hydrogen) atoms. The molecule has 1 aliphatic heterocycles. The van der Waals surface area contributed by atoms with Crippen molar-refractivity contribution in [2.45, 2.75) is 25.4 Å². The number of nitrogens with one attached hydrogen (secondary N) is 1. The Kier molecular flexibility index (Phi) is 5.64. The molecule has 1 fully saturated rings. The lowest BCUT2D eigenvalue weighted by Crippen LogP contribution is -2.43. The van der Waals surface area contributed by atoms with E-state index in [-0.39, 0.29) is 24.3 Å². The molecule has 2 atom stereocenters. The third kappa shape index (κ3) is 4.30. The third-order valence-electron chi connectivity index (χ3n) is 6.03. The summed E-state index contributed by atoms with van der Waals surface area (Å²) in [6.07, 6.45) is 4.54. The Morgan fingerprint density at radius 3 is 2.46 bits per heavy atom. The molecule has 2 aromatic heterocycles. The Balaban J connectivity index is 1.37. The van der Waals surface area contributed by atoms with E-state index in [1.807, 2.05) is 20.0 Å². The highest BCUT2D eigenvalue weighted by Crippen LogP contribution is 2.38. The molecule has 8 nitrogen and oxygen atoms in total. The van der Waals surface area contributed by atoms with Crippen LogP contribution in [0, 0.1) is 11.6 Å². The minimum Gasteiger partial charge on any atom is -0.446 e. The van der Waals surface area contributed by atoms with Crippen LogP contribution in [-0.4, -0.2) is 32.4 Å². The molecule has 0 bridgehead atoms. The van der Waals surface area contributed by atoms with Crippen LogP contribution >= 0.6 is 0 Å². The maximum Gasteiger partial charge on any atom is 0.416 e. The molecule has 178 valence electrons. The van der Waals surface area contributed by atoms with Crippen LogP contribution in [0.2, 0.25) is 0 Å². The van der Waals surface area contributed by atoms with Gasteiger partial charge in [0.05, 0.1) is 17.9 Å². The summed E-state index contributed by atoms with van der Waals surface area (Å²) in [5.41, 5.74) is 1.45. The van der Waals surface area contributed by atoms with Crippen LogP contribution in [-0.2, 0) is 10.3 Å². The molecule has 4 aromatic rings. The first kappa shape index (κ1) is 22.5. The molecule has 0 spiro atoms. The Hall–Kier alpha value is -4.34. The van der Waals surface area contributed by atoms with Crippen molar-refractivity contribution in [1.29, 1.82) is 0 Å². The Morgan fingerprint density at radius 1 is 1.06 bits per heavy atom.